The van der Waals surface area contributed by atoms with Crippen LogP contribution in [-0.4, -0.2) is 19.3 Å². The lowest BCUT2D eigenvalue weighted by atomic mass is 9.83. The van der Waals surface area contributed by atoms with Gasteiger partial charge < -0.3 is 10.5 Å². The van der Waals surface area contributed by atoms with Crippen LogP contribution in [0.3, 0.4) is 0 Å². The Labute approximate surface area is 98.8 Å². The average Bonchev–Trinajstić information content (AvgIpc) is 2.17. The van der Waals surface area contributed by atoms with E-state index in [9.17, 15) is 0 Å². The quantitative estimate of drug-likeness (QED) is 0.848. The highest BCUT2D eigenvalue weighted by Gasteiger charge is 2.29. The second-order valence-electron chi connectivity index (χ2n) is 5.38. The van der Waals surface area contributed by atoms with Crippen LogP contribution < -0.4 is 5.73 Å². The van der Waals surface area contributed by atoms with Gasteiger partial charge in [-0.25, -0.2) is 0 Å². The minimum atomic E-state index is 0.0346. The molecule has 0 aliphatic heterocycles. The Balaban J connectivity index is 2.67. The maximum absolute atomic E-state index is 6.22. The number of hydrogen-bond acceptors (Lipinski definition) is 2. The Kier molecular flexibility index (Phi) is 4.51. The Morgan fingerprint density at radius 2 is 1.75 bits per heavy atom. The molecule has 16 heavy (non-hydrogen) atoms. The number of benzene rings is 1. The molecule has 0 radical (unpaired) electrons. The fourth-order valence-electron chi connectivity index (χ4n) is 2.16. The van der Waals surface area contributed by atoms with Crippen LogP contribution in [-0.2, 0) is 11.2 Å². The zero-order valence-corrected chi connectivity index (χ0v) is 10.7. The minimum Gasteiger partial charge on any atom is -0.379 e. The summed E-state index contributed by atoms with van der Waals surface area (Å²) in [4.78, 5) is 0. The summed E-state index contributed by atoms with van der Waals surface area (Å²) in [6.07, 6.45) is 0.934. The van der Waals surface area contributed by atoms with E-state index in [1.54, 1.807) is 7.11 Å². The third kappa shape index (κ3) is 3.62. The summed E-state index contributed by atoms with van der Waals surface area (Å²) in [6, 6.07) is 10.4. The van der Waals surface area contributed by atoms with Crippen molar-refractivity contribution in [3.63, 3.8) is 0 Å². The average molecular weight is 221 g/mol. The zero-order valence-electron chi connectivity index (χ0n) is 10.7. The van der Waals surface area contributed by atoms with E-state index in [-0.39, 0.29) is 17.6 Å². The summed E-state index contributed by atoms with van der Waals surface area (Å²) < 4.78 is 5.52. The molecule has 2 heteroatoms. The van der Waals surface area contributed by atoms with Gasteiger partial charge in [0.1, 0.15) is 0 Å². The van der Waals surface area contributed by atoms with Gasteiger partial charge in [-0.3, -0.25) is 0 Å². The normalized spacial score (nSPS) is 15.8. The summed E-state index contributed by atoms with van der Waals surface area (Å²) >= 11 is 0. The number of nitrogens with two attached hydrogens (primary N) is 1. The standard InChI is InChI=1S/C14H23NO/c1-14(2,3)13(16-4)12(15)10-11-8-6-5-7-9-11/h5-9,12-13H,10,15H2,1-4H3. The van der Waals surface area contributed by atoms with Gasteiger partial charge in [-0.05, 0) is 17.4 Å². The maximum atomic E-state index is 6.22. The largest absolute Gasteiger partial charge is 0.379 e. The monoisotopic (exact) mass is 221 g/mol. The van der Waals surface area contributed by atoms with Crippen molar-refractivity contribution in [1.29, 1.82) is 0 Å². The highest BCUT2D eigenvalue weighted by molar-refractivity contribution is 5.16. The van der Waals surface area contributed by atoms with Crippen molar-refractivity contribution in [3.8, 4) is 0 Å². The molecule has 0 saturated heterocycles. The maximum Gasteiger partial charge on any atom is 0.0773 e. The molecule has 0 saturated carbocycles. The zero-order chi connectivity index (χ0) is 12.2. The number of ether oxygens (including phenoxy) is 1. The van der Waals surface area contributed by atoms with E-state index in [1.807, 2.05) is 18.2 Å². The third-order valence-electron chi connectivity index (χ3n) is 2.81. The molecule has 0 fully saturated rings. The molecule has 1 aromatic carbocycles. The van der Waals surface area contributed by atoms with E-state index in [1.165, 1.54) is 5.56 Å². The van der Waals surface area contributed by atoms with Crippen LogP contribution >= 0.6 is 0 Å². The molecule has 90 valence electrons. The molecule has 0 spiro atoms. The molecule has 2 nitrogen and oxygen atoms in total. The molecule has 0 heterocycles. The summed E-state index contributed by atoms with van der Waals surface area (Å²) in [7, 11) is 1.74. The van der Waals surface area contributed by atoms with Crippen LogP contribution in [0, 0.1) is 5.41 Å². The van der Waals surface area contributed by atoms with Crippen LogP contribution in [0.4, 0.5) is 0 Å². The summed E-state index contributed by atoms with van der Waals surface area (Å²) in [5, 5.41) is 0. The minimum absolute atomic E-state index is 0.0346. The summed E-state index contributed by atoms with van der Waals surface area (Å²) in [6.45, 7) is 6.48. The van der Waals surface area contributed by atoms with E-state index in [2.05, 4.69) is 32.9 Å². The lowest BCUT2D eigenvalue weighted by Gasteiger charge is -2.34. The highest BCUT2D eigenvalue weighted by Crippen LogP contribution is 2.25. The van der Waals surface area contributed by atoms with Gasteiger partial charge in [-0.2, -0.15) is 0 Å². The van der Waals surface area contributed by atoms with Gasteiger partial charge in [-0.15, -0.1) is 0 Å². The molecule has 0 amide bonds. The molecule has 0 aliphatic rings. The van der Waals surface area contributed by atoms with Crippen molar-refractivity contribution in [2.75, 3.05) is 7.11 Å². The Bertz CT molecular complexity index is 302. The molecule has 0 aromatic heterocycles. The van der Waals surface area contributed by atoms with Crippen LogP contribution in [0.2, 0.25) is 0 Å². The molecule has 1 aromatic rings. The van der Waals surface area contributed by atoms with Gasteiger partial charge in [0.25, 0.3) is 0 Å². The smallest absolute Gasteiger partial charge is 0.0773 e. The highest BCUT2D eigenvalue weighted by atomic mass is 16.5. The fraction of sp³-hybridized carbons (Fsp3) is 0.571. The fourth-order valence-corrected chi connectivity index (χ4v) is 2.16. The first-order chi connectivity index (χ1) is 7.45. The molecule has 0 aliphatic carbocycles. The lowest BCUT2D eigenvalue weighted by molar-refractivity contribution is -0.00165. The topological polar surface area (TPSA) is 35.2 Å². The van der Waals surface area contributed by atoms with E-state index >= 15 is 0 Å². The molecular weight excluding hydrogens is 198 g/mol. The second kappa shape index (κ2) is 5.46. The van der Waals surface area contributed by atoms with Gasteiger partial charge in [0.15, 0.2) is 0 Å². The molecular formula is C14H23NO. The van der Waals surface area contributed by atoms with Gasteiger partial charge in [-0.1, -0.05) is 51.1 Å². The Morgan fingerprint density at radius 1 is 1.19 bits per heavy atom. The second-order valence-corrected chi connectivity index (χ2v) is 5.38. The van der Waals surface area contributed by atoms with Gasteiger partial charge >= 0.3 is 0 Å². The van der Waals surface area contributed by atoms with Crippen molar-refractivity contribution in [3.05, 3.63) is 35.9 Å². The summed E-state index contributed by atoms with van der Waals surface area (Å²) in [5.74, 6) is 0. The van der Waals surface area contributed by atoms with Crippen molar-refractivity contribution >= 4 is 0 Å². The van der Waals surface area contributed by atoms with Crippen LogP contribution in [0.15, 0.2) is 30.3 Å². The number of methoxy groups -OCH3 is 1. The predicted molar refractivity (Wildman–Crippen MR) is 68.4 cm³/mol. The first-order valence-electron chi connectivity index (χ1n) is 5.77. The van der Waals surface area contributed by atoms with Gasteiger partial charge in [0.05, 0.1) is 6.10 Å². The summed E-state index contributed by atoms with van der Waals surface area (Å²) in [5.41, 5.74) is 7.56. The van der Waals surface area contributed by atoms with Crippen LogP contribution in [0.25, 0.3) is 0 Å². The van der Waals surface area contributed by atoms with Gasteiger partial charge in [0, 0.05) is 13.2 Å². The first-order valence-corrected chi connectivity index (χ1v) is 5.77. The molecule has 0 bridgehead atoms. The van der Waals surface area contributed by atoms with E-state index in [0.717, 1.165) is 6.42 Å². The Hall–Kier alpha value is -0.860. The van der Waals surface area contributed by atoms with E-state index < -0.39 is 0 Å². The van der Waals surface area contributed by atoms with Gasteiger partial charge in [0.2, 0.25) is 0 Å². The Morgan fingerprint density at radius 3 is 2.19 bits per heavy atom. The molecule has 2 atom stereocenters. The van der Waals surface area contributed by atoms with Crippen molar-refractivity contribution in [2.45, 2.75) is 39.3 Å². The molecule has 2 N–H and O–H groups in total. The molecule has 2 unspecified atom stereocenters. The van der Waals surface area contributed by atoms with E-state index in [0.29, 0.717) is 0 Å². The number of rotatable bonds is 4. The van der Waals surface area contributed by atoms with E-state index in [4.69, 9.17) is 10.5 Å². The number of hydrogen-bond donors (Lipinski definition) is 1. The SMILES string of the molecule is COC(C(N)Cc1ccccc1)C(C)(C)C. The van der Waals surface area contributed by atoms with Crippen molar-refractivity contribution in [1.82, 2.24) is 0 Å². The van der Waals surface area contributed by atoms with Crippen molar-refractivity contribution in [2.24, 2.45) is 11.1 Å². The van der Waals surface area contributed by atoms with Crippen molar-refractivity contribution < 1.29 is 4.74 Å². The lowest BCUT2D eigenvalue weighted by Crippen LogP contribution is -2.45. The first kappa shape index (κ1) is 13.2. The van der Waals surface area contributed by atoms with Crippen LogP contribution in [0.1, 0.15) is 26.3 Å². The third-order valence-corrected chi connectivity index (χ3v) is 2.81. The van der Waals surface area contributed by atoms with Crippen LogP contribution in [0.5, 0.6) is 0 Å². The predicted octanol–water partition coefficient (Wildman–Crippen LogP) is 2.62. The molecule has 1 rings (SSSR count).